The molecule has 1 rings (SSSR count). The van der Waals surface area contributed by atoms with E-state index in [9.17, 15) is 9.59 Å². The lowest BCUT2D eigenvalue weighted by molar-refractivity contribution is -0.139. The van der Waals surface area contributed by atoms with Crippen LogP contribution < -0.4 is 10.6 Å². The van der Waals surface area contributed by atoms with Gasteiger partial charge in [0.2, 0.25) is 0 Å². The van der Waals surface area contributed by atoms with Crippen LogP contribution in [0.5, 0.6) is 0 Å². The largest absolute Gasteiger partial charge is 0.480 e. The van der Waals surface area contributed by atoms with Crippen LogP contribution in [0.25, 0.3) is 0 Å². The monoisotopic (exact) mass is 256 g/mol. The summed E-state index contributed by atoms with van der Waals surface area (Å²) < 4.78 is 0. The van der Waals surface area contributed by atoms with E-state index in [1.54, 1.807) is 0 Å². The lowest BCUT2D eigenvalue weighted by Crippen LogP contribution is -2.47. The van der Waals surface area contributed by atoms with Gasteiger partial charge in [-0.15, -0.1) is 0 Å². The zero-order valence-electron chi connectivity index (χ0n) is 11.5. The summed E-state index contributed by atoms with van der Waals surface area (Å²) in [4.78, 5) is 22.5. The molecule has 0 aromatic heterocycles. The molecule has 1 aliphatic rings. The highest BCUT2D eigenvalue weighted by atomic mass is 16.4. The second-order valence-corrected chi connectivity index (χ2v) is 5.52. The highest BCUT2D eigenvalue weighted by Gasteiger charge is 2.45. The third-order valence-corrected chi connectivity index (χ3v) is 3.90. The van der Waals surface area contributed by atoms with E-state index in [0.717, 1.165) is 19.3 Å². The van der Waals surface area contributed by atoms with Gasteiger partial charge < -0.3 is 15.7 Å². The number of carboxylic acid groups (broad SMARTS) is 1. The van der Waals surface area contributed by atoms with Gasteiger partial charge in [-0.25, -0.2) is 9.59 Å². The molecule has 0 heterocycles. The third-order valence-electron chi connectivity index (χ3n) is 3.90. The van der Waals surface area contributed by atoms with E-state index < -0.39 is 12.0 Å². The Morgan fingerprint density at radius 3 is 2.33 bits per heavy atom. The van der Waals surface area contributed by atoms with Gasteiger partial charge in [0.25, 0.3) is 0 Å². The molecule has 1 fully saturated rings. The van der Waals surface area contributed by atoms with Crippen molar-refractivity contribution >= 4 is 12.0 Å². The van der Waals surface area contributed by atoms with Crippen LogP contribution in [0.15, 0.2) is 0 Å². The fraction of sp³-hybridized carbons (Fsp3) is 0.846. The summed E-state index contributed by atoms with van der Waals surface area (Å²) in [6.45, 7) is 6.84. The van der Waals surface area contributed by atoms with Crippen molar-refractivity contribution in [1.82, 2.24) is 10.6 Å². The number of hydrogen-bond donors (Lipinski definition) is 3. The lowest BCUT2D eigenvalue weighted by Gasteiger charge is -2.21. The number of carbonyl (C=O) groups is 2. The van der Waals surface area contributed by atoms with Crippen LogP contribution in [0.1, 0.15) is 46.5 Å². The van der Waals surface area contributed by atoms with Crippen LogP contribution in [-0.2, 0) is 4.79 Å². The predicted octanol–water partition coefficient (Wildman–Crippen LogP) is 1.98. The highest BCUT2D eigenvalue weighted by Crippen LogP contribution is 2.51. The molecule has 0 radical (unpaired) electrons. The normalized spacial score (nSPS) is 18.2. The van der Waals surface area contributed by atoms with Crippen molar-refractivity contribution in [1.29, 1.82) is 0 Å². The highest BCUT2D eigenvalue weighted by molar-refractivity contribution is 5.82. The number of nitrogens with one attached hydrogen (secondary N) is 2. The molecule has 5 nitrogen and oxygen atoms in total. The number of urea groups is 1. The predicted molar refractivity (Wildman–Crippen MR) is 69.4 cm³/mol. The minimum atomic E-state index is -0.975. The smallest absolute Gasteiger partial charge is 0.326 e. The Labute approximate surface area is 108 Å². The van der Waals surface area contributed by atoms with Crippen molar-refractivity contribution in [2.45, 2.75) is 52.5 Å². The Morgan fingerprint density at radius 1 is 1.33 bits per heavy atom. The fourth-order valence-corrected chi connectivity index (χ4v) is 2.13. The first-order chi connectivity index (χ1) is 8.41. The van der Waals surface area contributed by atoms with Crippen LogP contribution in [0.4, 0.5) is 4.79 Å². The van der Waals surface area contributed by atoms with E-state index >= 15 is 0 Å². The van der Waals surface area contributed by atoms with Gasteiger partial charge in [-0.05, 0) is 30.6 Å². The summed E-state index contributed by atoms with van der Waals surface area (Å²) in [6.07, 6.45) is 3.47. The van der Waals surface area contributed by atoms with Crippen molar-refractivity contribution < 1.29 is 14.7 Å². The minimum absolute atomic E-state index is 0.237. The number of amides is 2. The van der Waals surface area contributed by atoms with Gasteiger partial charge in [0, 0.05) is 6.54 Å². The molecule has 0 bridgehead atoms. The average molecular weight is 256 g/mol. The summed E-state index contributed by atoms with van der Waals surface area (Å²) in [5.41, 5.74) is 0.237. The maximum Gasteiger partial charge on any atom is 0.326 e. The molecule has 1 saturated carbocycles. The summed E-state index contributed by atoms with van der Waals surface area (Å²) in [7, 11) is 0. The number of rotatable bonds is 7. The molecule has 0 unspecified atom stereocenters. The Balaban J connectivity index is 2.35. The van der Waals surface area contributed by atoms with E-state index in [4.69, 9.17) is 5.11 Å². The van der Waals surface area contributed by atoms with E-state index in [1.807, 2.05) is 6.92 Å². The van der Waals surface area contributed by atoms with Crippen molar-refractivity contribution in [3.05, 3.63) is 0 Å². The van der Waals surface area contributed by atoms with Gasteiger partial charge in [0.15, 0.2) is 0 Å². The van der Waals surface area contributed by atoms with Crippen molar-refractivity contribution in [2.24, 2.45) is 11.3 Å². The molecule has 0 spiro atoms. The van der Waals surface area contributed by atoms with Crippen LogP contribution >= 0.6 is 0 Å². The summed E-state index contributed by atoms with van der Waals surface area (Å²) in [6, 6.07) is -1.16. The zero-order chi connectivity index (χ0) is 13.8. The van der Waals surface area contributed by atoms with Crippen LogP contribution in [0.2, 0.25) is 0 Å². The molecule has 1 aliphatic carbocycles. The van der Waals surface area contributed by atoms with Crippen molar-refractivity contribution in [3.8, 4) is 0 Å². The standard InChI is InChI=1S/C13H24N2O3/c1-4-5-10(11(16)17)15-12(18)14-8-13(6-7-13)9(2)3/h9-10H,4-8H2,1-3H3,(H,16,17)(H2,14,15,18)/t10-/m1/s1. The number of aliphatic carboxylic acids is 1. The Morgan fingerprint density at radius 2 is 1.94 bits per heavy atom. The van der Waals surface area contributed by atoms with Crippen molar-refractivity contribution in [2.75, 3.05) is 6.54 Å². The van der Waals surface area contributed by atoms with Gasteiger partial charge in [0.05, 0.1) is 0 Å². The SMILES string of the molecule is CCC[C@@H](NC(=O)NCC1(C(C)C)CC1)C(=O)O. The first-order valence-corrected chi connectivity index (χ1v) is 6.68. The van der Waals surface area contributed by atoms with Gasteiger partial charge >= 0.3 is 12.0 Å². The van der Waals surface area contributed by atoms with E-state index in [2.05, 4.69) is 24.5 Å². The Hall–Kier alpha value is -1.26. The minimum Gasteiger partial charge on any atom is -0.480 e. The van der Waals surface area contributed by atoms with Gasteiger partial charge in [-0.3, -0.25) is 0 Å². The lowest BCUT2D eigenvalue weighted by atomic mass is 9.92. The van der Waals surface area contributed by atoms with Gasteiger partial charge in [-0.2, -0.15) is 0 Å². The summed E-state index contributed by atoms with van der Waals surface area (Å²) in [5.74, 6) is -0.430. The summed E-state index contributed by atoms with van der Waals surface area (Å²) >= 11 is 0. The number of hydrogen-bond acceptors (Lipinski definition) is 2. The molecule has 104 valence electrons. The first kappa shape index (κ1) is 14.8. The first-order valence-electron chi connectivity index (χ1n) is 6.68. The van der Waals surface area contributed by atoms with Crippen LogP contribution in [-0.4, -0.2) is 29.7 Å². The van der Waals surface area contributed by atoms with Gasteiger partial charge in [-0.1, -0.05) is 27.2 Å². The molecule has 18 heavy (non-hydrogen) atoms. The molecule has 1 atom stereocenters. The molecule has 0 aromatic carbocycles. The molecular weight excluding hydrogens is 232 g/mol. The molecule has 3 N–H and O–H groups in total. The summed E-state index contributed by atoms with van der Waals surface area (Å²) in [5, 5.41) is 14.2. The van der Waals surface area contributed by atoms with E-state index in [-0.39, 0.29) is 11.4 Å². The molecular formula is C13H24N2O3. The molecule has 2 amide bonds. The van der Waals surface area contributed by atoms with Crippen molar-refractivity contribution in [3.63, 3.8) is 0 Å². The average Bonchev–Trinajstić information content (AvgIpc) is 3.06. The quantitative estimate of drug-likeness (QED) is 0.651. The molecule has 5 heteroatoms. The molecule has 0 aromatic rings. The maximum absolute atomic E-state index is 11.6. The second kappa shape index (κ2) is 6.07. The second-order valence-electron chi connectivity index (χ2n) is 5.52. The van der Waals surface area contributed by atoms with E-state index in [1.165, 1.54) is 0 Å². The molecule has 0 saturated heterocycles. The number of carboxylic acids is 1. The Kier molecular flexibility index (Phi) is 4.99. The van der Waals surface area contributed by atoms with Crippen LogP contribution in [0.3, 0.4) is 0 Å². The topological polar surface area (TPSA) is 78.4 Å². The van der Waals surface area contributed by atoms with E-state index in [0.29, 0.717) is 18.9 Å². The van der Waals surface area contributed by atoms with Crippen LogP contribution in [0, 0.1) is 11.3 Å². The fourth-order valence-electron chi connectivity index (χ4n) is 2.13. The third kappa shape index (κ3) is 3.89. The number of carbonyl (C=O) groups excluding carboxylic acids is 1. The Bertz CT molecular complexity index is 311. The van der Waals surface area contributed by atoms with Gasteiger partial charge in [0.1, 0.15) is 6.04 Å². The zero-order valence-corrected chi connectivity index (χ0v) is 11.5. The molecule has 0 aliphatic heterocycles. The maximum atomic E-state index is 11.6.